The summed E-state index contributed by atoms with van der Waals surface area (Å²) in [6, 6.07) is 9.71. The summed E-state index contributed by atoms with van der Waals surface area (Å²) in [6.07, 6.45) is 3.29. The highest BCUT2D eigenvalue weighted by molar-refractivity contribution is 5.92. The van der Waals surface area contributed by atoms with E-state index >= 15 is 0 Å². The SMILES string of the molecule is CCN(CCC(=O)NCc1ccccc1)C(=O)c1cnc(C)cn1. The van der Waals surface area contributed by atoms with Gasteiger partial charge in [0.2, 0.25) is 5.91 Å². The predicted molar refractivity (Wildman–Crippen MR) is 91.3 cm³/mol. The molecule has 1 N–H and O–H groups in total. The van der Waals surface area contributed by atoms with Gasteiger partial charge in [-0.2, -0.15) is 0 Å². The Morgan fingerprint density at radius 2 is 1.88 bits per heavy atom. The van der Waals surface area contributed by atoms with E-state index in [9.17, 15) is 9.59 Å². The third-order valence-corrected chi connectivity index (χ3v) is 3.61. The minimum absolute atomic E-state index is 0.0832. The van der Waals surface area contributed by atoms with Crippen molar-refractivity contribution in [3.05, 3.63) is 59.7 Å². The first kappa shape index (κ1) is 17.6. The van der Waals surface area contributed by atoms with E-state index in [-0.39, 0.29) is 18.2 Å². The van der Waals surface area contributed by atoms with Crippen LogP contribution in [-0.4, -0.2) is 39.8 Å². The Morgan fingerprint density at radius 1 is 1.12 bits per heavy atom. The van der Waals surface area contributed by atoms with Gasteiger partial charge in [-0.15, -0.1) is 0 Å². The number of amides is 2. The Morgan fingerprint density at radius 3 is 2.50 bits per heavy atom. The molecule has 6 nitrogen and oxygen atoms in total. The van der Waals surface area contributed by atoms with Crippen LogP contribution in [0.5, 0.6) is 0 Å². The Balaban J connectivity index is 1.83. The third kappa shape index (κ3) is 5.15. The molecule has 2 rings (SSSR count). The van der Waals surface area contributed by atoms with Gasteiger partial charge in [0.25, 0.3) is 5.91 Å². The number of nitrogens with one attached hydrogen (secondary N) is 1. The number of carbonyl (C=O) groups is 2. The highest BCUT2D eigenvalue weighted by Crippen LogP contribution is 2.03. The molecule has 126 valence electrons. The van der Waals surface area contributed by atoms with Crippen LogP contribution in [0.15, 0.2) is 42.7 Å². The molecule has 1 aromatic carbocycles. The van der Waals surface area contributed by atoms with Gasteiger partial charge < -0.3 is 10.2 Å². The summed E-state index contributed by atoms with van der Waals surface area (Å²) in [5.74, 6) is -0.291. The number of hydrogen-bond donors (Lipinski definition) is 1. The van der Waals surface area contributed by atoms with E-state index in [1.54, 1.807) is 11.1 Å². The first-order chi connectivity index (χ1) is 11.6. The van der Waals surface area contributed by atoms with Crippen molar-refractivity contribution in [3.63, 3.8) is 0 Å². The molecule has 0 aliphatic heterocycles. The molecule has 24 heavy (non-hydrogen) atoms. The quantitative estimate of drug-likeness (QED) is 0.844. The van der Waals surface area contributed by atoms with Crippen LogP contribution in [0.1, 0.15) is 35.1 Å². The lowest BCUT2D eigenvalue weighted by Gasteiger charge is -2.20. The van der Waals surface area contributed by atoms with Crippen molar-refractivity contribution in [1.29, 1.82) is 0 Å². The van der Waals surface area contributed by atoms with Gasteiger partial charge in [0.1, 0.15) is 5.69 Å². The lowest BCUT2D eigenvalue weighted by Crippen LogP contribution is -2.35. The Hall–Kier alpha value is -2.76. The molecule has 0 spiro atoms. The standard InChI is InChI=1S/C18H22N4O2/c1-3-22(18(24)16-13-19-14(2)11-20-16)10-9-17(23)21-12-15-7-5-4-6-8-15/h4-8,11,13H,3,9-10,12H2,1-2H3,(H,21,23). The van der Waals surface area contributed by atoms with Gasteiger partial charge in [-0.1, -0.05) is 30.3 Å². The Kier molecular flexibility index (Phi) is 6.42. The van der Waals surface area contributed by atoms with Crippen molar-refractivity contribution in [2.75, 3.05) is 13.1 Å². The number of hydrogen-bond acceptors (Lipinski definition) is 4. The van der Waals surface area contributed by atoms with E-state index in [4.69, 9.17) is 0 Å². The monoisotopic (exact) mass is 326 g/mol. The molecule has 2 aromatic rings. The average Bonchev–Trinajstić information content (AvgIpc) is 2.61. The summed E-state index contributed by atoms with van der Waals surface area (Å²) >= 11 is 0. The molecule has 6 heteroatoms. The van der Waals surface area contributed by atoms with Crippen molar-refractivity contribution in [2.24, 2.45) is 0 Å². The molecule has 0 radical (unpaired) electrons. The largest absolute Gasteiger partial charge is 0.352 e. The normalized spacial score (nSPS) is 10.2. The highest BCUT2D eigenvalue weighted by Gasteiger charge is 2.16. The van der Waals surface area contributed by atoms with Crippen LogP contribution >= 0.6 is 0 Å². The van der Waals surface area contributed by atoms with Gasteiger partial charge in [0.15, 0.2) is 0 Å². The molecule has 2 amide bonds. The van der Waals surface area contributed by atoms with Crippen LogP contribution in [-0.2, 0) is 11.3 Å². The van der Waals surface area contributed by atoms with E-state index in [1.165, 1.54) is 6.20 Å². The Bertz CT molecular complexity index is 671. The second kappa shape index (κ2) is 8.76. The van der Waals surface area contributed by atoms with Crippen LogP contribution in [0.4, 0.5) is 0 Å². The lowest BCUT2D eigenvalue weighted by atomic mass is 10.2. The summed E-state index contributed by atoms with van der Waals surface area (Å²) in [7, 11) is 0. The molecule has 0 aliphatic rings. The number of aromatic nitrogens is 2. The maximum atomic E-state index is 12.4. The second-order valence-corrected chi connectivity index (χ2v) is 5.44. The molecule has 0 fully saturated rings. The Labute approximate surface area is 141 Å². The van der Waals surface area contributed by atoms with Gasteiger partial charge >= 0.3 is 0 Å². The van der Waals surface area contributed by atoms with Crippen molar-refractivity contribution in [2.45, 2.75) is 26.8 Å². The molecule has 0 bridgehead atoms. The average molecular weight is 326 g/mol. The van der Waals surface area contributed by atoms with Gasteiger partial charge in [-0.05, 0) is 19.4 Å². The maximum absolute atomic E-state index is 12.4. The third-order valence-electron chi connectivity index (χ3n) is 3.61. The first-order valence-corrected chi connectivity index (χ1v) is 7.98. The molecule has 0 saturated carbocycles. The molecule has 1 aromatic heterocycles. The van der Waals surface area contributed by atoms with Gasteiger partial charge in [0.05, 0.1) is 11.9 Å². The summed E-state index contributed by atoms with van der Waals surface area (Å²) in [6.45, 7) is 5.05. The minimum atomic E-state index is -0.208. The van der Waals surface area contributed by atoms with Gasteiger partial charge in [-0.3, -0.25) is 14.6 Å². The van der Waals surface area contributed by atoms with Crippen molar-refractivity contribution >= 4 is 11.8 Å². The lowest BCUT2D eigenvalue weighted by molar-refractivity contribution is -0.121. The fraction of sp³-hybridized carbons (Fsp3) is 0.333. The summed E-state index contributed by atoms with van der Waals surface area (Å²) in [4.78, 5) is 34.1. The van der Waals surface area contributed by atoms with E-state index in [1.807, 2.05) is 44.2 Å². The fourth-order valence-corrected chi connectivity index (χ4v) is 2.19. The van der Waals surface area contributed by atoms with Crippen LogP contribution in [0.3, 0.4) is 0 Å². The van der Waals surface area contributed by atoms with Crippen molar-refractivity contribution < 1.29 is 9.59 Å². The van der Waals surface area contributed by atoms with E-state index < -0.39 is 0 Å². The number of rotatable bonds is 7. The zero-order valence-electron chi connectivity index (χ0n) is 14.0. The van der Waals surface area contributed by atoms with E-state index in [2.05, 4.69) is 15.3 Å². The summed E-state index contributed by atoms with van der Waals surface area (Å²) in [5, 5.41) is 2.86. The molecular weight excluding hydrogens is 304 g/mol. The molecular formula is C18H22N4O2. The topological polar surface area (TPSA) is 75.2 Å². The maximum Gasteiger partial charge on any atom is 0.274 e. The smallest absolute Gasteiger partial charge is 0.274 e. The van der Waals surface area contributed by atoms with Crippen LogP contribution in [0.25, 0.3) is 0 Å². The van der Waals surface area contributed by atoms with E-state index in [0.717, 1.165) is 11.3 Å². The molecule has 0 atom stereocenters. The molecule has 0 saturated heterocycles. The fourth-order valence-electron chi connectivity index (χ4n) is 2.19. The predicted octanol–water partition coefficient (Wildman–Crippen LogP) is 1.95. The number of benzene rings is 1. The summed E-state index contributed by atoms with van der Waals surface area (Å²) < 4.78 is 0. The zero-order chi connectivity index (χ0) is 17.4. The molecule has 0 aliphatic carbocycles. The van der Waals surface area contributed by atoms with Crippen LogP contribution in [0.2, 0.25) is 0 Å². The second-order valence-electron chi connectivity index (χ2n) is 5.44. The van der Waals surface area contributed by atoms with Crippen molar-refractivity contribution in [1.82, 2.24) is 20.2 Å². The summed E-state index contributed by atoms with van der Waals surface area (Å²) in [5.41, 5.74) is 2.10. The van der Waals surface area contributed by atoms with Gasteiger partial charge in [-0.25, -0.2) is 4.98 Å². The number of carbonyl (C=O) groups excluding carboxylic acids is 2. The van der Waals surface area contributed by atoms with Gasteiger partial charge in [0, 0.05) is 32.3 Å². The van der Waals surface area contributed by atoms with E-state index in [0.29, 0.717) is 25.3 Å². The van der Waals surface area contributed by atoms with Crippen LogP contribution in [0, 0.1) is 6.92 Å². The zero-order valence-corrected chi connectivity index (χ0v) is 14.0. The highest BCUT2D eigenvalue weighted by atomic mass is 16.2. The van der Waals surface area contributed by atoms with Crippen molar-refractivity contribution in [3.8, 4) is 0 Å². The minimum Gasteiger partial charge on any atom is -0.352 e. The number of aryl methyl sites for hydroxylation is 1. The van der Waals surface area contributed by atoms with Crippen LogP contribution < -0.4 is 5.32 Å². The molecule has 0 unspecified atom stereocenters. The first-order valence-electron chi connectivity index (χ1n) is 7.98. The number of nitrogens with zero attached hydrogens (tertiary/aromatic N) is 3. The molecule has 1 heterocycles.